The summed E-state index contributed by atoms with van der Waals surface area (Å²) in [4.78, 5) is 9.73. The molecule has 0 aliphatic heterocycles. The summed E-state index contributed by atoms with van der Waals surface area (Å²) in [7, 11) is -3.07. The van der Waals surface area contributed by atoms with E-state index >= 15 is 0 Å². The van der Waals surface area contributed by atoms with E-state index in [-0.39, 0.29) is 18.4 Å². The minimum Gasteiger partial charge on any atom is -0.389 e. The molecule has 0 aliphatic carbocycles. The quantitative estimate of drug-likeness (QED) is 0.615. The first-order valence-corrected chi connectivity index (χ1v) is 6.15. The van der Waals surface area contributed by atoms with E-state index in [9.17, 15) is 4.80 Å². The summed E-state index contributed by atoms with van der Waals surface area (Å²) in [5.41, 5.74) is 5.37. The normalized spacial score (nSPS) is 13.0. The van der Waals surface area contributed by atoms with Crippen LogP contribution in [0.1, 0.15) is 27.7 Å². The largest absolute Gasteiger partial charge is 0.512 e. The van der Waals surface area contributed by atoms with Gasteiger partial charge in [0, 0.05) is 12.2 Å². The second-order valence-electron chi connectivity index (χ2n) is 3.25. The summed E-state index contributed by atoms with van der Waals surface area (Å²) in [6, 6.07) is 0. The highest BCUT2D eigenvalue weighted by Crippen LogP contribution is 2.07. The number of nitrogens with two attached hydrogens (primary N) is 1. The highest BCUT2D eigenvalue weighted by Gasteiger charge is 2.37. The van der Waals surface area contributed by atoms with Gasteiger partial charge in [0.1, 0.15) is 0 Å². The Kier molecular flexibility index (Phi) is 4.96. The van der Waals surface area contributed by atoms with E-state index in [1.165, 1.54) is 0 Å². The van der Waals surface area contributed by atoms with Gasteiger partial charge < -0.3 is 19.4 Å². The van der Waals surface area contributed by atoms with E-state index in [0.29, 0.717) is 0 Å². The first-order chi connectivity index (χ1) is 5.39. The van der Waals surface area contributed by atoms with Crippen molar-refractivity contribution >= 4 is 8.80 Å². The maximum Gasteiger partial charge on any atom is 0.512 e. The predicted molar refractivity (Wildman–Crippen MR) is 49.5 cm³/mol. The van der Waals surface area contributed by atoms with Crippen molar-refractivity contribution in [1.82, 2.24) is 0 Å². The Morgan fingerprint density at radius 3 is 1.67 bits per heavy atom. The molecule has 0 unspecified atom stereocenters. The van der Waals surface area contributed by atoms with E-state index < -0.39 is 8.80 Å². The van der Waals surface area contributed by atoms with Gasteiger partial charge in [-0.25, -0.2) is 0 Å². The van der Waals surface area contributed by atoms with Crippen LogP contribution in [0.2, 0.25) is 0 Å². The van der Waals surface area contributed by atoms with Crippen LogP contribution in [0.3, 0.4) is 0 Å². The minimum atomic E-state index is -3.07. The zero-order valence-electron chi connectivity index (χ0n) is 8.20. The van der Waals surface area contributed by atoms with Crippen LogP contribution < -0.4 is 5.73 Å². The summed E-state index contributed by atoms with van der Waals surface area (Å²) in [5.74, 6) is 0. The van der Waals surface area contributed by atoms with Gasteiger partial charge in [0.05, 0.1) is 6.17 Å². The van der Waals surface area contributed by atoms with E-state index in [2.05, 4.69) is 0 Å². The molecular formula is C7H19NO3Si. The first-order valence-electron chi connectivity index (χ1n) is 4.17. The molecule has 0 atom stereocenters. The van der Waals surface area contributed by atoms with Gasteiger partial charge in [0.25, 0.3) is 0 Å². The number of rotatable bonds is 5. The lowest BCUT2D eigenvalue weighted by molar-refractivity contribution is 0.0490. The second-order valence-corrected chi connectivity index (χ2v) is 5.56. The van der Waals surface area contributed by atoms with Crippen LogP contribution in [0.5, 0.6) is 0 Å². The third kappa shape index (κ3) is 4.84. The molecule has 0 bridgehead atoms. The monoisotopic (exact) mass is 193 g/mol. The topological polar surface area (TPSA) is 64.7 Å². The van der Waals surface area contributed by atoms with Gasteiger partial charge in [-0.3, -0.25) is 0 Å². The lowest BCUT2D eigenvalue weighted by Crippen LogP contribution is -2.53. The zero-order chi connectivity index (χ0) is 9.78. The Morgan fingerprint density at radius 2 is 1.50 bits per heavy atom. The molecule has 0 saturated heterocycles. The molecule has 12 heavy (non-hydrogen) atoms. The molecule has 4 nitrogen and oxygen atoms in total. The molecule has 0 aromatic heterocycles. The number of hydrogen-bond acceptors (Lipinski definition) is 4. The molecule has 5 heteroatoms. The van der Waals surface area contributed by atoms with Crippen LogP contribution in [0.25, 0.3) is 0 Å². The lowest BCUT2D eigenvalue weighted by Gasteiger charge is -2.26. The Morgan fingerprint density at radius 1 is 1.17 bits per heavy atom. The molecule has 0 saturated carbocycles. The summed E-state index contributed by atoms with van der Waals surface area (Å²) < 4.78 is 10.5. The Bertz CT molecular complexity index is 120. The fourth-order valence-electron chi connectivity index (χ4n) is 0.861. The van der Waals surface area contributed by atoms with E-state index in [1.54, 1.807) is 0 Å². The molecular weight excluding hydrogens is 174 g/mol. The number of hydrogen-bond donors (Lipinski definition) is 2. The predicted octanol–water partition coefficient (Wildman–Crippen LogP) is 0.265. The second kappa shape index (κ2) is 4.93. The molecule has 0 radical (unpaired) electrons. The van der Waals surface area contributed by atoms with Crippen molar-refractivity contribution in [2.24, 2.45) is 5.73 Å². The third-order valence-electron chi connectivity index (χ3n) is 1.10. The fourth-order valence-corrected chi connectivity index (χ4v) is 2.58. The van der Waals surface area contributed by atoms with Crippen LogP contribution in [0.4, 0.5) is 0 Å². The Hall–Kier alpha value is 0.0569. The highest BCUT2D eigenvalue weighted by atomic mass is 28.4. The van der Waals surface area contributed by atoms with Crippen molar-refractivity contribution in [2.45, 2.75) is 39.9 Å². The maximum atomic E-state index is 9.73. The van der Waals surface area contributed by atoms with Crippen molar-refractivity contribution in [2.75, 3.05) is 6.17 Å². The van der Waals surface area contributed by atoms with Crippen LogP contribution >= 0.6 is 0 Å². The molecule has 0 heterocycles. The summed E-state index contributed by atoms with van der Waals surface area (Å²) in [6.45, 7) is 7.38. The lowest BCUT2D eigenvalue weighted by atomic mass is 10.5. The van der Waals surface area contributed by atoms with E-state index in [1.807, 2.05) is 27.7 Å². The van der Waals surface area contributed by atoms with Gasteiger partial charge in [-0.15, -0.1) is 0 Å². The first kappa shape index (κ1) is 12.1. The Labute approximate surface area is 75.0 Å². The zero-order valence-corrected chi connectivity index (χ0v) is 9.20. The molecule has 0 aliphatic rings. The Balaban J connectivity index is 4.04. The van der Waals surface area contributed by atoms with E-state index in [0.717, 1.165) is 0 Å². The highest BCUT2D eigenvalue weighted by molar-refractivity contribution is 6.59. The summed E-state index contributed by atoms with van der Waals surface area (Å²) in [6.07, 6.45) is -0.0310. The summed E-state index contributed by atoms with van der Waals surface area (Å²) >= 11 is 0. The smallest absolute Gasteiger partial charge is 0.389 e. The van der Waals surface area contributed by atoms with E-state index in [4.69, 9.17) is 14.6 Å². The molecule has 0 aromatic carbocycles. The average Bonchev–Trinajstić information content (AvgIpc) is 1.83. The van der Waals surface area contributed by atoms with Crippen molar-refractivity contribution < 1.29 is 13.6 Å². The molecule has 74 valence electrons. The molecule has 0 spiro atoms. The molecule has 0 fully saturated rings. The SMILES string of the molecule is CC(C)O[Si](O)(CN)OC(C)C. The van der Waals surface area contributed by atoms with Gasteiger partial charge in [0.2, 0.25) is 0 Å². The maximum absolute atomic E-state index is 9.73. The minimum absolute atomic E-state index is 0.0519. The van der Waals surface area contributed by atoms with Crippen LogP contribution in [-0.4, -0.2) is 32.0 Å². The van der Waals surface area contributed by atoms with Crippen molar-refractivity contribution in [3.63, 3.8) is 0 Å². The summed E-state index contributed by atoms with van der Waals surface area (Å²) in [5, 5.41) is 0. The van der Waals surface area contributed by atoms with Crippen LogP contribution in [-0.2, 0) is 8.85 Å². The van der Waals surface area contributed by atoms with Gasteiger partial charge in [-0.05, 0) is 27.7 Å². The molecule has 0 rings (SSSR count). The van der Waals surface area contributed by atoms with Crippen molar-refractivity contribution in [3.8, 4) is 0 Å². The van der Waals surface area contributed by atoms with Crippen molar-refractivity contribution in [3.05, 3.63) is 0 Å². The fraction of sp³-hybridized carbons (Fsp3) is 1.00. The van der Waals surface area contributed by atoms with Gasteiger partial charge in [0.15, 0.2) is 0 Å². The van der Waals surface area contributed by atoms with Gasteiger partial charge in [-0.1, -0.05) is 0 Å². The third-order valence-corrected chi connectivity index (χ3v) is 3.29. The van der Waals surface area contributed by atoms with Crippen LogP contribution in [0, 0.1) is 0 Å². The molecule has 3 N–H and O–H groups in total. The molecule has 0 aromatic rings. The average molecular weight is 193 g/mol. The molecule has 0 amide bonds. The standard InChI is InChI=1S/C7H19NO3Si/c1-6(2)10-12(9,5-8)11-7(3)4/h6-7,9H,5,8H2,1-4H3. The van der Waals surface area contributed by atoms with Crippen LogP contribution in [0.15, 0.2) is 0 Å². The van der Waals surface area contributed by atoms with Gasteiger partial charge >= 0.3 is 8.80 Å². The van der Waals surface area contributed by atoms with Crippen molar-refractivity contribution in [1.29, 1.82) is 0 Å². The van der Waals surface area contributed by atoms with Gasteiger partial charge in [-0.2, -0.15) is 0 Å².